The highest BCUT2D eigenvalue weighted by atomic mass is 16.5. The first-order valence-electron chi connectivity index (χ1n) is 12.8. The summed E-state index contributed by atoms with van der Waals surface area (Å²) in [5.74, 6) is 1.14. The highest BCUT2D eigenvalue weighted by Crippen LogP contribution is 2.29. The Labute approximate surface area is 227 Å². The van der Waals surface area contributed by atoms with Gasteiger partial charge >= 0.3 is 0 Å². The Morgan fingerprint density at radius 1 is 0.872 bits per heavy atom. The predicted molar refractivity (Wildman–Crippen MR) is 153 cm³/mol. The minimum Gasteiger partial charge on any atom is -0.495 e. The van der Waals surface area contributed by atoms with Gasteiger partial charge in [0.2, 0.25) is 11.9 Å². The Bertz CT molecular complexity index is 1470. The van der Waals surface area contributed by atoms with Gasteiger partial charge in [0, 0.05) is 61.8 Å². The van der Waals surface area contributed by atoms with Crippen molar-refractivity contribution in [2.45, 2.75) is 6.92 Å². The molecule has 1 saturated heterocycles. The van der Waals surface area contributed by atoms with Crippen LogP contribution in [0.3, 0.4) is 0 Å². The van der Waals surface area contributed by atoms with Gasteiger partial charge in [-0.2, -0.15) is 0 Å². The number of nitrogens with one attached hydrogen (secondary N) is 2. The summed E-state index contributed by atoms with van der Waals surface area (Å²) in [6.45, 7) is 4.19. The maximum Gasteiger partial charge on any atom is 0.254 e. The molecule has 0 spiro atoms. The Morgan fingerprint density at radius 2 is 1.64 bits per heavy atom. The quantitative estimate of drug-likeness (QED) is 0.359. The second-order valence-corrected chi connectivity index (χ2v) is 9.18. The maximum absolute atomic E-state index is 13.3. The summed E-state index contributed by atoms with van der Waals surface area (Å²) in [6, 6.07) is 24.6. The van der Waals surface area contributed by atoms with Crippen LogP contribution >= 0.6 is 0 Å². The number of carbonyl (C=O) groups excluding carboxylic acids is 2. The summed E-state index contributed by atoms with van der Waals surface area (Å²) < 4.78 is 5.50. The van der Waals surface area contributed by atoms with Crippen LogP contribution in [0.15, 0.2) is 85.1 Å². The molecule has 0 saturated carbocycles. The number of ether oxygens (including phenoxy) is 1. The molecule has 1 aliphatic heterocycles. The molecule has 1 aliphatic rings. The lowest BCUT2D eigenvalue weighted by Gasteiger charge is -2.36. The molecule has 5 rings (SSSR count). The van der Waals surface area contributed by atoms with E-state index in [1.807, 2.05) is 83.8 Å². The molecule has 0 unspecified atom stereocenters. The average molecular weight is 523 g/mol. The van der Waals surface area contributed by atoms with E-state index in [-0.39, 0.29) is 11.8 Å². The van der Waals surface area contributed by atoms with Crippen LogP contribution in [0.2, 0.25) is 0 Å². The van der Waals surface area contributed by atoms with E-state index in [2.05, 4.69) is 25.5 Å². The fourth-order valence-electron chi connectivity index (χ4n) is 4.59. The number of hydrogen-bond donors (Lipinski definition) is 2. The van der Waals surface area contributed by atoms with Crippen LogP contribution in [-0.2, 0) is 4.79 Å². The second kappa shape index (κ2) is 11.6. The molecule has 4 aromatic rings. The standard InChI is InChI=1S/C30H30N6O3/c1-21(37)32-24-12-10-22(11-13-24)26-14-15-31-30(34-26)33-25-7-5-6-23(20-25)29(38)36-18-16-35(17-19-36)27-8-3-4-9-28(27)39-2/h3-15,20H,16-19H2,1-2H3,(H,32,37)(H,31,33,34). The van der Waals surface area contributed by atoms with Gasteiger partial charge in [-0.05, 0) is 48.5 Å². The summed E-state index contributed by atoms with van der Waals surface area (Å²) in [5, 5.41) is 5.98. The van der Waals surface area contributed by atoms with Crippen molar-refractivity contribution >= 4 is 34.8 Å². The first-order valence-corrected chi connectivity index (χ1v) is 12.8. The van der Waals surface area contributed by atoms with E-state index >= 15 is 0 Å². The highest BCUT2D eigenvalue weighted by molar-refractivity contribution is 5.95. The lowest BCUT2D eigenvalue weighted by atomic mass is 10.1. The summed E-state index contributed by atoms with van der Waals surface area (Å²) in [6.07, 6.45) is 1.68. The molecule has 1 fully saturated rings. The van der Waals surface area contributed by atoms with Crippen molar-refractivity contribution < 1.29 is 14.3 Å². The lowest BCUT2D eigenvalue weighted by molar-refractivity contribution is -0.114. The summed E-state index contributed by atoms with van der Waals surface area (Å²) in [4.78, 5) is 37.7. The first-order chi connectivity index (χ1) is 19.0. The van der Waals surface area contributed by atoms with Gasteiger partial charge in [-0.15, -0.1) is 0 Å². The average Bonchev–Trinajstić information content (AvgIpc) is 2.97. The third-order valence-electron chi connectivity index (χ3n) is 6.52. The largest absolute Gasteiger partial charge is 0.495 e. The first kappa shape index (κ1) is 25.7. The smallest absolute Gasteiger partial charge is 0.254 e. The van der Waals surface area contributed by atoms with Gasteiger partial charge in [-0.3, -0.25) is 9.59 Å². The fourth-order valence-corrected chi connectivity index (χ4v) is 4.59. The summed E-state index contributed by atoms with van der Waals surface area (Å²) in [5.41, 5.74) is 4.74. The SMILES string of the molecule is COc1ccccc1N1CCN(C(=O)c2cccc(Nc3nccc(-c4ccc(NC(C)=O)cc4)n3)c2)CC1. The van der Waals surface area contributed by atoms with Gasteiger partial charge in [0.25, 0.3) is 5.91 Å². The molecule has 0 atom stereocenters. The number of methoxy groups -OCH3 is 1. The van der Waals surface area contributed by atoms with Crippen LogP contribution in [0, 0.1) is 0 Å². The van der Waals surface area contributed by atoms with E-state index in [0.29, 0.717) is 24.6 Å². The topological polar surface area (TPSA) is 99.7 Å². The minimum atomic E-state index is -0.118. The van der Waals surface area contributed by atoms with Gasteiger partial charge in [-0.1, -0.05) is 30.3 Å². The lowest BCUT2D eigenvalue weighted by Crippen LogP contribution is -2.48. The van der Waals surface area contributed by atoms with Gasteiger partial charge in [0.15, 0.2) is 0 Å². The van der Waals surface area contributed by atoms with Crippen LogP contribution in [0.25, 0.3) is 11.3 Å². The molecular weight excluding hydrogens is 492 g/mol. The van der Waals surface area contributed by atoms with Crippen LogP contribution in [-0.4, -0.2) is 60.0 Å². The molecular formula is C30H30N6O3. The van der Waals surface area contributed by atoms with Crippen LogP contribution in [0.5, 0.6) is 5.75 Å². The molecule has 1 aromatic heterocycles. The van der Waals surface area contributed by atoms with Gasteiger partial charge in [-0.25, -0.2) is 9.97 Å². The van der Waals surface area contributed by atoms with Gasteiger partial charge < -0.3 is 25.2 Å². The molecule has 0 bridgehead atoms. The summed E-state index contributed by atoms with van der Waals surface area (Å²) >= 11 is 0. The molecule has 198 valence electrons. The van der Waals surface area contributed by atoms with Gasteiger partial charge in [0.1, 0.15) is 5.75 Å². The Balaban J connectivity index is 1.24. The van der Waals surface area contributed by atoms with E-state index in [1.54, 1.807) is 13.3 Å². The number of para-hydroxylation sites is 2. The zero-order valence-electron chi connectivity index (χ0n) is 21.9. The third-order valence-corrected chi connectivity index (χ3v) is 6.52. The van der Waals surface area contributed by atoms with E-state index < -0.39 is 0 Å². The maximum atomic E-state index is 13.3. The molecule has 3 aromatic carbocycles. The van der Waals surface area contributed by atoms with E-state index in [4.69, 9.17) is 4.74 Å². The van der Waals surface area contributed by atoms with Crippen molar-refractivity contribution in [2.24, 2.45) is 0 Å². The third kappa shape index (κ3) is 6.15. The molecule has 39 heavy (non-hydrogen) atoms. The van der Waals surface area contributed by atoms with Crippen LogP contribution < -0.4 is 20.3 Å². The van der Waals surface area contributed by atoms with Gasteiger partial charge in [0.05, 0.1) is 18.5 Å². The molecule has 0 radical (unpaired) electrons. The number of benzene rings is 3. The van der Waals surface area contributed by atoms with Crippen molar-refractivity contribution in [1.82, 2.24) is 14.9 Å². The number of aromatic nitrogens is 2. The fraction of sp³-hybridized carbons (Fsp3) is 0.200. The normalized spacial score (nSPS) is 13.1. The zero-order chi connectivity index (χ0) is 27.2. The van der Waals surface area contributed by atoms with Crippen molar-refractivity contribution in [3.8, 4) is 17.0 Å². The van der Waals surface area contributed by atoms with Crippen molar-refractivity contribution in [1.29, 1.82) is 0 Å². The Kier molecular flexibility index (Phi) is 7.68. The van der Waals surface area contributed by atoms with Crippen LogP contribution in [0.1, 0.15) is 17.3 Å². The van der Waals surface area contributed by atoms with Crippen molar-refractivity contribution in [3.63, 3.8) is 0 Å². The van der Waals surface area contributed by atoms with E-state index in [0.717, 1.165) is 47.2 Å². The molecule has 2 heterocycles. The molecule has 2 amide bonds. The second-order valence-electron chi connectivity index (χ2n) is 9.18. The number of anilines is 4. The van der Waals surface area contributed by atoms with E-state index in [1.165, 1.54) is 6.92 Å². The molecule has 9 nitrogen and oxygen atoms in total. The zero-order valence-corrected chi connectivity index (χ0v) is 21.9. The number of rotatable bonds is 7. The van der Waals surface area contributed by atoms with E-state index in [9.17, 15) is 9.59 Å². The summed E-state index contributed by atoms with van der Waals surface area (Å²) in [7, 11) is 1.67. The predicted octanol–water partition coefficient (Wildman–Crippen LogP) is 4.82. The van der Waals surface area contributed by atoms with Crippen molar-refractivity contribution in [3.05, 3.63) is 90.6 Å². The molecule has 2 N–H and O–H groups in total. The Morgan fingerprint density at radius 3 is 2.38 bits per heavy atom. The monoisotopic (exact) mass is 522 g/mol. The minimum absolute atomic E-state index is 0.00717. The number of piperazine rings is 1. The number of hydrogen-bond acceptors (Lipinski definition) is 7. The highest BCUT2D eigenvalue weighted by Gasteiger charge is 2.24. The number of carbonyl (C=O) groups is 2. The van der Waals surface area contributed by atoms with Crippen molar-refractivity contribution in [2.75, 3.05) is 48.8 Å². The number of amides is 2. The molecule has 0 aliphatic carbocycles. The number of nitrogens with zero attached hydrogens (tertiary/aromatic N) is 4. The van der Waals surface area contributed by atoms with Crippen LogP contribution in [0.4, 0.5) is 23.0 Å². The molecule has 9 heteroatoms. The Hall–Kier alpha value is -4.92.